The van der Waals surface area contributed by atoms with Gasteiger partial charge < -0.3 is 9.80 Å². The first-order valence-electron chi connectivity index (χ1n) is 9.33. The number of benzene rings is 2. The molecule has 2 aromatic carbocycles. The molecule has 0 radical (unpaired) electrons. The van der Waals surface area contributed by atoms with E-state index in [1.807, 2.05) is 35.1 Å². The van der Waals surface area contributed by atoms with Gasteiger partial charge in [-0.05, 0) is 18.2 Å². The number of nitrogens with zero attached hydrogens (tertiary/aromatic N) is 5. The topological polar surface area (TPSA) is 36.7 Å². The van der Waals surface area contributed by atoms with Crippen LogP contribution in [0.5, 0.6) is 0 Å². The average molecular weight is 355 g/mol. The van der Waals surface area contributed by atoms with Crippen molar-refractivity contribution in [2.45, 2.75) is 0 Å². The van der Waals surface area contributed by atoms with Gasteiger partial charge in [-0.25, -0.2) is 9.50 Å². The van der Waals surface area contributed by atoms with Gasteiger partial charge in [-0.15, -0.1) is 0 Å². The van der Waals surface area contributed by atoms with E-state index in [0.29, 0.717) is 0 Å². The van der Waals surface area contributed by atoms with Crippen molar-refractivity contribution in [2.75, 3.05) is 36.0 Å². The molecule has 4 aromatic rings. The van der Waals surface area contributed by atoms with Crippen molar-refractivity contribution in [3.8, 4) is 11.3 Å². The summed E-state index contributed by atoms with van der Waals surface area (Å²) in [6.45, 7) is 3.89. The van der Waals surface area contributed by atoms with Gasteiger partial charge >= 0.3 is 0 Å². The van der Waals surface area contributed by atoms with E-state index in [4.69, 9.17) is 5.10 Å². The predicted molar refractivity (Wildman–Crippen MR) is 109 cm³/mol. The molecule has 5 nitrogen and oxygen atoms in total. The predicted octanol–water partition coefficient (Wildman–Crippen LogP) is 3.72. The second-order valence-corrected chi connectivity index (χ2v) is 6.79. The Kier molecular flexibility index (Phi) is 3.98. The Morgan fingerprint density at radius 1 is 0.741 bits per heavy atom. The second kappa shape index (κ2) is 6.76. The van der Waals surface area contributed by atoms with Crippen LogP contribution < -0.4 is 9.80 Å². The maximum atomic E-state index is 4.74. The number of anilines is 2. The third-order valence-electron chi connectivity index (χ3n) is 5.14. The van der Waals surface area contributed by atoms with Crippen molar-refractivity contribution >= 4 is 17.0 Å². The van der Waals surface area contributed by atoms with Gasteiger partial charge in [0, 0.05) is 49.8 Å². The highest BCUT2D eigenvalue weighted by Crippen LogP contribution is 2.26. The van der Waals surface area contributed by atoms with E-state index in [1.54, 1.807) is 0 Å². The van der Waals surface area contributed by atoms with E-state index in [0.717, 1.165) is 48.8 Å². The SMILES string of the molecule is c1ccc(-c2cc3c(N4CCN(c5ccccc5)CC4)nccn3n2)cc1. The molecule has 1 aliphatic rings. The third kappa shape index (κ3) is 3.01. The molecule has 5 rings (SSSR count). The van der Waals surface area contributed by atoms with E-state index in [2.05, 4.69) is 63.3 Å². The number of piperazine rings is 1. The van der Waals surface area contributed by atoms with E-state index in [9.17, 15) is 0 Å². The van der Waals surface area contributed by atoms with Crippen molar-refractivity contribution in [2.24, 2.45) is 0 Å². The molecule has 0 amide bonds. The zero-order valence-corrected chi connectivity index (χ0v) is 15.1. The molecule has 5 heteroatoms. The molecule has 0 atom stereocenters. The molecule has 2 aromatic heterocycles. The van der Waals surface area contributed by atoms with Crippen LogP contribution in [0.25, 0.3) is 16.8 Å². The van der Waals surface area contributed by atoms with Crippen molar-refractivity contribution < 1.29 is 0 Å². The molecule has 134 valence electrons. The Bertz CT molecular complexity index is 1030. The summed E-state index contributed by atoms with van der Waals surface area (Å²) in [5.41, 5.74) is 4.46. The third-order valence-corrected chi connectivity index (χ3v) is 5.14. The van der Waals surface area contributed by atoms with Crippen LogP contribution in [0, 0.1) is 0 Å². The number of hydrogen-bond donors (Lipinski definition) is 0. The number of para-hydroxylation sites is 1. The van der Waals surface area contributed by atoms with Crippen LogP contribution in [0.4, 0.5) is 11.5 Å². The average Bonchev–Trinajstić information content (AvgIpc) is 3.20. The first-order valence-corrected chi connectivity index (χ1v) is 9.33. The lowest BCUT2D eigenvalue weighted by molar-refractivity contribution is 0.647. The van der Waals surface area contributed by atoms with Crippen LogP contribution in [0.1, 0.15) is 0 Å². The normalized spacial score (nSPS) is 14.7. The maximum absolute atomic E-state index is 4.74. The minimum atomic E-state index is 0.952. The Balaban J connectivity index is 1.42. The van der Waals surface area contributed by atoms with E-state index >= 15 is 0 Å². The molecular formula is C22H21N5. The molecular weight excluding hydrogens is 334 g/mol. The molecule has 0 unspecified atom stereocenters. The number of rotatable bonds is 3. The molecule has 1 fully saturated rings. The molecule has 0 N–H and O–H groups in total. The minimum Gasteiger partial charge on any atom is -0.368 e. The van der Waals surface area contributed by atoms with Crippen molar-refractivity contribution in [3.63, 3.8) is 0 Å². The van der Waals surface area contributed by atoms with Crippen LogP contribution in [0.2, 0.25) is 0 Å². The van der Waals surface area contributed by atoms with Gasteiger partial charge in [-0.2, -0.15) is 5.10 Å². The summed E-state index contributed by atoms with van der Waals surface area (Å²) in [6.07, 6.45) is 3.76. The van der Waals surface area contributed by atoms with Crippen molar-refractivity contribution in [3.05, 3.63) is 79.1 Å². The summed E-state index contributed by atoms with van der Waals surface area (Å²) in [5, 5.41) is 4.74. The summed E-state index contributed by atoms with van der Waals surface area (Å²) in [7, 11) is 0. The van der Waals surface area contributed by atoms with Crippen LogP contribution in [-0.2, 0) is 0 Å². The van der Waals surface area contributed by atoms with Gasteiger partial charge in [0.2, 0.25) is 0 Å². The largest absolute Gasteiger partial charge is 0.368 e. The van der Waals surface area contributed by atoms with E-state index < -0.39 is 0 Å². The molecule has 27 heavy (non-hydrogen) atoms. The van der Waals surface area contributed by atoms with E-state index in [1.165, 1.54) is 5.69 Å². The minimum absolute atomic E-state index is 0.952. The first-order chi connectivity index (χ1) is 13.4. The summed E-state index contributed by atoms with van der Waals surface area (Å²) in [4.78, 5) is 9.48. The molecule has 1 aliphatic heterocycles. The van der Waals surface area contributed by atoms with Gasteiger partial charge in [0.05, 0.1) is 5.69 Å². The summed E-state index contributed by atoms with van der Waals surface area (Å²) in [6, 6.07) is 23.1. The van der Waals surface area contributed by atoms with Crippen molar-refractivity contribution in [1.82, 2.24) is 14.6 Å². The Hall–Kier alpha value is -3.34. The fourth-order valence-corrected chi connectivity index (χ4v) is 3.72. The number of fused-ring (bicyclic) bond motifs is 1. The van der Waals surface area contributed by atoms with Gasteiger partial charge in [0.1, 0.15) is 5.52 Å². The first kappa shape index (κ1) is 15.9. The zero-order chi connectivity index (χ0) is 18.1. The fraction of sp³-hybridized carbons (Fsp3) is 0.182. The summed E-state index contributed by atoms with van der Waals surface area (Å²) < 4.78 is 1.94. The molecule has 0 bridgehead atoms. The van der Waals surface area contributed by atoms with Gasteiger partial charge in [-0.1, -0.05) is 48.5 Å². The lowest BCUT2D eigenvalue weighted by Gasteiger charge is -2.36. The lowest BCUT2D eigenvalue weighted by Crippen LogP contribution is -2.47. The molecule has 0 saturated carbocycles. The fourth-order valence-electron chi connectivity index (χ4n) is 3.72. The summed E-state index contributed by atoms with van der Waals surface area (Å²) in [5.74, 6) is 1.01. The molecule has 3 heterocycles. The van der Waals surface area contributed by atoms with Crippen molar-refractivity contribution in [1.29, 1.82) is 0 Å². The summed E-state index contributed by atoms with van der Waals surface area (Å²) >= 11 is 0. The second-order valence-electron chi connectivity index (χ2n) is 6.79. The highest BCUT2D eigenvalue weighted by atomic mass is 15.3. The Labute approximate surface area is 158 Å². The van der Waals surface area contributed by atoms with E-state index in [-0.39, 0.29) is 0 Å². The highest BCUT2D eigenvalue weighted by Gasteiger charge is 2.21. The van der Waals surface area contributed by atoms with Gasteiger partial charge in [-0.3, -0.25) is 0 Å². The Morgan fingerprint density at radius 2 is 1.41 bits per heavy atom. The Morgan fingerprint density at radius 3 is 2.15 bits per heavy atom. The van der Waals surface area contributed by atoms with Crippen LogP contribution in [0.3, 0.4) is 0 Å². The quantitative estimate of drug-likeness (QED) is 0.561. The van der Waals surface area contributed by atoms with Crippen LogP contribution in [-0.4, -0.2) is 40.8 Å². The smallest absolute Gasteiger partial charge is 0.154 e. The zero-order valence-electron chi connectivity index (χ0n) is 15.1. The highest BCUT2D eigenvalue weighted by molar-refractivity contribution is 5.75. The number of aromatic nitrogens is 3. The molecule has 0 aliphatic carbocycles. The number of hydrogen-bond acceptors (Lipinski definition) is 4. The van der Waals surface area contributed by atoms with Gasteiger partial charge in [0.25, 0.3) is 0 Å². The molecule has 0 spiro atoms. The van der Waals surface area contributed by atoms with Crippen LogP contribution >= 0.6 is 0 Å². The van der Waals surface area contributed by atoms with Gasteiger partial charge in [0.15, 0.2) is 5.82 Å². The molecule has 1 saturated heterocycles. The maximum Gasteiger partial charge on any atom is 0.154 e. The lowest BCUT2D eigenvalue weighted by atomic mass is 10.1. The van der Waals surface area contributed by atoms with Crippen LogP contribution in [0.15, 0.2) is 79.1 Å². The standard InChI is InChI=1S/C22H21N5/c1-3-7-18(8-4-1)20-17-21-22(23-11-12-27(21)24-20)26-15-13-25(14-16-26)19-9-5-2-6-10-19/h1-12,17H,13-16H2. The monoisotopic (exact) mass is 355 g/mol.